The Balaban J connectivity index is 1.76. The second kappa shape index (κ2) is 5.95. The summed E-state index contributed by atoms with van der Waals surface area (Å²) in [6.45, 7) is 0. The number of amides is 1. The Morgan fingerprint density at radius 1 is 1.24 bits per heavy atom. The van der Waals surface area contributed by atoms with Crippen LogP contribution in [0.1, 0.15) is 32.1 Å². The van der Waals surface area contributed by atoms with Crippen LogP contribution in [-0.4, -0.2) is 26.8 Å². The van der Waals surface area contributed by atoms with E-state index >= 15 is 0 Å². The van der Waals surface area contributed by atoms with Crippen molar-refractivity contribution in [3.8, 4) is 11.4 Å². The van der Waals surface area contributed by atoms with Crippen molar-refractivity contribution in [2.75, 3.05) is 5.73 Å². The molecule has 0 saturated heterocycles. The first-order chi connectivity index (χ1) is 10.2. The van der Waals surface area contributed by atoms with E-state index in [0.717, 1.165) is 12.8 Å². The van der Waals surface area contributed by atoms with Crippen LogP contribution < -0.4 is 11.1 Å². The van der Waals surface area contributed by atoms with Crippen LogP contribution in [0.5, 0.6) is 0 Å². The Hall–Kier alpha value is -2.37. The average molecular weight is 285 g/mol. The summed E-state index contributed by atoms with van der Waals surface area (Å²) in [5.74, 6) is 0.323. The standard InChI is InChI=1S/C15H19N5O/c16-14-10-13(12-8-4-5-9-17-12)19-20(14)15(21)18-11-6-2-1-3-7-11/h4-5,8-11H,1-3,6-7,16H2,(H,18,21). The first-order valence-corrected chi connectivity index (χ1v) is 7.32. The second-order valence-electron chi connectivity index (χ2n) is 5.37. The Bertz CT molecular complexity index is 616. The van der Waals surface area contributed by atoms with Crippen LogP contribution in [0.2, 0.25) is 0 Å². The molecule has 3 rings (SSSR count). The van der Waals surface area contributed by atoms with Gasteiger partial charge in [-0.05, 0) is 25.0 Å². The molecule has 0 atom stereocenters. The molecular formula is C15H19N5O. The zero-order valence-corrected chi connectivity index (χ0v) is 11.8. The molecule has 0 aliphatic heterocycles. The predicted octanol–water partition coefficient (Wildman–Crippen LogP) is 2.42. The monoisotopic (exact) mass is 285 g/mol. The molecule has 1 aliphatic rings. The number of carbonyl (C=O) groups excluding carboxylic acids is 1. The van der Waals surface area contributed by atoms with Gasteiger partial charge in [0.05, 0.1) is 5.69 Å². The van der Waals surface area contributed by atoms with Gasteiger partial charge in [-0.3, -0.25) is 4.98 Å². The van der Waals surface area contributed by atoms with Gasteiger partial charge in [0.2, 0.25) is 0 Å². The second-order valence-corrected chi connectivity index (χ2v) is 5.37. The Kier molecular flexibility index (Phi) is 3.85. The van der Waals surface area contributed by atoms with Crippen LogP contribution in [0, 0.1) is 0 Å². The summed E-state index contributed by atoms with van der Waals surface area (Å²) in [5, 5.41) is 7.26. The molecule has 1 amide bonds. The third-order valence-corrected chi connectivity index (χ3v) is 3.79. The quantitative estimate of drug-likeness (QED) is 0.887. The Morgan fingerprint density at radius 3 is 2.76 bits per heavy atom. The highest BCUT2D eigenvalue weighted by Crippen LogP contribution is 2.19. The van der Waals surface area contributed by atoms with Gasteiger partial charge in [0.1, 0.15) is 11.5 Å². The topological polar surface area (TPSA) is 85.8 Å². The van der Waals surface area contributed by atoms with Gasteiger partial charge in [-0.25, -0.2) is 4.79 Å². The minimum Gasteiger partial charge on any atom is -0.383 e. The number of nitrogens with two attached hydrogens (primary N) is 1. The summed E-state index contributed by atoms with van der Waals surface area (Å²) >= 11 is 0. The smallest absolute Gasteiger partial charge is 0.344 e. The SMILES string of the molecule is Nc1cc(-c2ccccn2)nn1C(=O)NC1CCCCC1. The number of nitrogens with zero attached hydrogens (tertiary/aromatic N) is 3. The highest BCUT2D eigenvalue weighted by Gasteiger charge is 2.19. The maximum Gasteiger partial charge on any atom is 0.344 e. The first kappa shape index (κ1) is 13.6. The summed E-state index contributed by atoms with van der Waals surface area (Å²) in [6.07, 6.45) is 7.32. The van der Waals surface area contributed by atoms with Crippen molar-refractivity contribution in [1.29, 1.82) is 0 Å². The summed E-state index contributed by atoms with van der Waals surface area (Å²) in [5.41, 5.74) is 7.20. The lowest BCUT2D eigenvalue weighted by molar-refractivity contribution is 0.232. The fraction of sp³-hybridized carbons (Fsp3) is 0.400. The van der Waals surface area contributed by atoms with E-state index < -0.39 is 0 Å². The minimum absolute atomic E-state index is 0.230. The van der Waals surface area contributed by atoms with Crippen LogP contribution >= 0.6 is 0 Å². The Labute approximate surface area is 123 Å². The van der Waals surface area contributed by atoms with Crippen molar-refractivity contribution in [1.82, 2.24) is 20.1 Å². The van der Waals surface area contributed by atoms with Gasteiger partial charge in [0, 0.05) is 18.3 Å². The lowest BCUT2D eigenvalue weighted by Gasteiger charge is -2.22. The van der Waals surface area contributed by atoms with E-state index in [9.17, 15) is 4.79 Å². The van der Waals surface area contributed by atoms with Crippen molar-refractivity contribution in [3.63, 3.8) is 0 Å². The molecule has 21 heavy (non-hydrogen) atoms. The van der Waals surface area contributed by atoms with Gasteiger partial charge in [-0.1, -0.05) is 25.3 Å². The minimum atomic E-state index is -0.262. The molecule has 6 heteroatoms. The number of rotatable bonds is 2. The average Bonchev–Trinajstić information content (AvgIpc) is 2.91. The molecule has 2 aromatic rings. The lowest BCUT2D eigenvalue weighted by Crippen LogP contribution is -2.39. The van der Waals surface area contributed by atoms with E-state index in [-0.39, 0.29) is 12.1 Å². The third-order valence-electron chi connectivity index (χ3n) is 3.79. The number of anilines is 1. The van der Waals surface area contributed by atoms with Gasteiger partial charge in [0.25, 0.3) is 0 Å². The number of nitrogen functional groups attached to an aromatic ring is 1. The maximum atomic E-state index is 12.3. The van der Waals surface area contributed by atoms with Crippen LogP contribution in [0.4, 0.5) is 10.6 Å². The number of carbonyl (C=O) groups is 1. The molecular weight excluding hydrogens is 266 g/mol. The highest BCUT2D eigenvalue weighted by atomic mass is 16.2. The van der Waals surface area contributed by atoms with E-state index in [4.69, 9.17) is 5.73 Å². The number of pyridine rings is 1. The molecule has 2 aromatic heterocycles. The fourth-order valence-electron chi connectivity index (χ4n) is 2.68. The third kappa shape index (κ3) is 3.04. The number of hydrogen-bond donors (Lipinski definition) is 2. The zero-order valence-electron chi connectivity index (χ0n) is 11.8. The van der Waals surface area contributed by atoms with E-state index in [2.05, 4.69) is 15.4 Å². The molecule has 6 nitrogen and oxygen atoms in total. The summed E-state index contributed by atoms with van der Waals surface area (Å²) in [6, 6.07) is 7.18. The van der Waals surface area contributed by atoms with Gasteiger partial charge in [-0.2, -0.15) is 9.78 Å². The molecule has 1 saturated carbocycles. The molecule has 110 valence electrons. The molecule has 0 radical (unpaired) electrons. The number of nitrogens with one attached hydrogen (secondary N) is 1. The van der Waals surface area contributed by atoms with E-state index in [1.165, 1.54) is 23.9 Å². The molecule has 0 spiro atoms. The largest absolute Gasteiger partial charge is 0.383 e. The van der Waals surface area contributed by atoms with Crippen molar-refractivity contribution < 1.29 is 4.79 Å². The Morgan fingerprint density at radius 2 is 2.05 bits per heavy atom. The van der Waals surface area contributed by atoms with Crippen LogP contribution in [0.25, 0.3) is 11.4 Å². The highest BCUT2D eigenvalue weighted by molar-refractivity contribution is 5.80. The summed E-state index contributed by atoms with van der Waals surface area (Å²) < 4.78 is 1.22. The van der Waals surface area contributed by atoms with Crippen LogP contribution in [0.15, 0.2) is 30.5 Å². The van der Waals surface area contributed by atoms with Gasteiger partial charge < -0.3 is 11.1 Å². The normalized spacial score (nSPS) is 15.8. The number of aromatic nitrogens is 3. The molecule has 0 aromatic carbocycles. The summed E-state index contributed by atoms with van der Waals surface area (Å²) in [4.78, 5) is 16.5. The molecule has 0 unspecified atom stereocenters. The predicted molar refractivity (Wildman–Crippen MR) is 80.7 cm³/mol. The van der Waals surface area contributed by atoms with E-state index in [1.807, 2.05) is 18.2 Å². The van der Waals surface area contributed by atoms with Gasteiger partial charge in [-0.15, -0.1) is 0 Å². The summed E-state index contributed by atoms with van der Waals surface area (Å²) in [7, 11) is 0. The van der Waals surface area contributed by atoms with Gasteiger partial charge in [0.15, 0.2) is 0 Å². The van der Waals surface area contributed by atoms with Crippen molar-refractivity contribution in [2.24, 2.45) is 0 Å². The fourth-order valence-corrected chi connectivity index (χ4v) is 2.68. The lowest BCUT2D eigenvalue weighted by atomic mass is 9.96. The van der Waals surface area contributed by atoms with E-state index in [1.54, 1.807) is 12.3 Å². The van der Waals surface area contributed by atoms with Crippen molar-refractivity contribution in [3.05, 3.63) is 30.5 Å². The van der Waals surface area contributed by atoms with Crippen LogP contribution in [-0.2, 0) is 0 Å². The van der Waals surface area contributed by atoms with Crippen molar-refractivity contribution in [2.45, 2.75) is 38.1 Å². The molecule has 0 bridgehead atoms. The number of hydrogen-bond acceptors (Lipinski definition) is 4. The molecule has 2 heterocycles. The van der Waals surface area contributed by atoms with Crippen LogP contribution in [0.3, 0.4) is 0 Å². The van der Waals surface area contributed by atoms with Crippen molar-refractivity contribution >= 4 is 11.8 Å². The maximum absolute atomic E-state index is 12.3. The first-order valence-electron chi connectivity index (χ1n) is 7.32. The molecule has 3 N–H and O–H groups in total. The van der Waals surface area contributed by atoms with Gasteiger partial charge >= 0.3 is 6.03 Å². The zero-order chi connectivity index (χ0) is 14.7. The molecule has 1 fully saturated rings. The van der Waals surface area contributed by atoms with E-state index in [0.29, 0.717) is 17.2 Å². The molecule has 1 aliphatic carbocycles.